The van der Waals surface area contributed by atoms with Crippen LogP contribution in [0.25, 0.3) is 5.65 Å². The highest BCUT2D eigenvalue weighted by molar-refractivity contribution is 7.11. The van der Waals surface area contributed by atoms with Gasteiger partial charge in [-0.05, 0) is 32.9 Å². The second-order valence-electron chi connectivity index (χ2n) is 5.28. The Morgan fingerprint density at radius 1 is 1.27 bits per heavy atom. The van der Waals surface area contributed by atoms with Crippen molar-refractivity contribution in [3.63, 3.8) is 0 Å². The molecule has 0 unspecified atom stereocenters. The maximum atomic E-state index is 12.2. The van der Waals surface area contributed by atoms with Gasteiger partial charge in [0.2, 0.25) is 0 Å². The zero-order chi connectivity index (χ0) is 15.7. The molecule has 0 atom stereocenters. The molecule has 0 saturated carbocycles. The molecule has 5 nitrogen and oxygen atoms in total. The van der Waals surface area contributed by atoms with E-state index in [9.17, 15) is 4.79 Å². The number of pyridine rings is 1. The van der Waals surface area contributed by atoms with Crippen molar-refractivity contribution in [1.82, 2.24) is 19.7 Å². The first-order valence-corrected chi connectivity index (χ1v) is 8.02. The number of aromatic nitrogens is 3. The van der Waals surface area contributed by atoms with Crippen LogP contribution < -0.4 is 5.32 Å². The summed E-state index contributed by atoms with van der Waals surface area (Å²) in [7, 11) is 0. The molecule has 0 aliphatic rings. The molecule has 6 heteroatoms. The molecule has 0 aliphatic carbocycles. The van der Waals surface area contributed by atoms with Crippen LogP contribution in [-0.4, -0.2) is 26.8 Å². The van der Waals surface area contributed by atoms with E-state index in [1.807, 2.05) is 36.4 Å². The monoisotopic (exact) mass is 314 g/mol. The van der Waals surface area contributed by atoms with Crippen molar-refractivity contribution in [2.24, 2.45) is 0 Å². The van der Waals surface area contributed by atoms with Crippen molar-refractivity contribution < 1.29 is 4.79 Å². The normalized spacial score (nSPS) is 11.0. The van der Waals surface area contributed by atoms with Crippen molar-refractivity contribution in [2.75, 3.05) is 6.54 Å². The van der Waals surface area contributed by atoms with E-state index >= 15 is 0 Å². The highest BCUT2D eigenvalue weighted by Gasteiger charge is 2.11. The van der Waals surface area contributed by atoms with Gasteiger partial charge in [-0.15, -0.1) is 11.3 Å². The Morgan fingerprint density at radius 2 is 2.09 bits per heavy atom. The molecule has 3 aromatic heterocycles. The maximum Gasteiger partial charge on any atom is 0.271 e. The zero-order valence-electron chi connectivity index (χ0n) is 12.9. The third-order valence-corrected chi connectivity index (χ3v) is 4.76. The average Bonchev–Trinajstić information content (AvgIpc) is 3.04. The van der Waals surface area contributed by atoms with Crippen molar-refractivity contribution >= 4 is 22.9 Å². The first-order chi connectivity index (χ1) is 10.5. The molecule has 22 heavy (non-hydrogen) atoms. The van der Waals surface area contributed by atoms with Crippen LogP contribution in [0, 0.1) is 20.8 Å². The summed E-state index contributed by atoms with van der Waals surface area (Å²) >= 11 is 1.69. The fraction of sp³-hybridized carbons (Fsp3) is 0.312. The van der Waals surface area contributed by atoms with E-state index in [1.165, 1.54) is 4.88 Å². The van der Waals surface area contributed by atoms with Crippen molar-refractivity contribution in [3.05, 3.63) is 51.4 Å². The van der Waals surface area contributed by atoms with E-state index in [-0.39, 0.29) is 5.91 Å². The van der Waals surface area contributed by atoms with E-state index in [0.717, 1.165) is 28.5 Å². The first kappa shape index (κ1) is 14.7. The Morgan fingerprint density at radius 3 is 2.77 bits per heavy atom. The molecule has 3 heterocycles. The second kappa shape index (κ2) is 5.88. The molecule has 3 rings (SSSR count). The third kappa shape index (κ3) is 2.87. The molecule has 0 bridgehead atoms. The van der Waals surface area contributed by atoms with Gasteiger partial charge in [-0.1, -0.05) is 6.07 Å². The maximum absolute atomic E-state index is 12.2. The van der Waals surface area contributed by atoms with Gasteiger partial charge in [0, 0.05) is 29.7 Å². The van der Waals surface area contributed by atoms with Crippen LogP contribution in [0.3, 0.4) is 0 Å². The number of rotatable bonds is 4. The summed E-state index contributed by atoms with van der Waals surface area (Å²) in [5, 5.41) is 3.97. The number of carbonyl (C=O) groups excluding carboxylic acids is 1. The van der Waals surface area contributed by atoms with Crippen LogP contribution in [0.4, 0.5) is 0 Å². The Kier molecular flexibility index (Phi) is 3.94. The van der Waals surface area contributed by atoms with E-state index in [0.29, 0.717) is 12.2 Å². The number of nitrogens with one attached hydrogen (secondary N) is 1. The number of hydrogen-bond acceptors (Lipinski definition) is 4. The summed E-state index contributed by atoms with van der Waals surface area (Å²) in [6.45, 7) is 6.63. The molecule has 0 aliphatic heterocycles. The topological polar surface area (TPSA) is 59.3 Å². The number of thiazole rings is 1. The summed E-state index contributed by atoms with van der Waals surface area (Å²) in [5.74, 6) is -0.145. The van der Waals surface area contributed by atoms with Gasteiger partial charge in [0.05, 0.1) is 10.7 Å². The number of amides is 1. The third-order valence-electron chi connectivity index (χ3n) is 3.63. The van der Waals surface area contributed by atoms with Crippen LogP contribution in [0.5, 0.6) is 0 Å². The number of hydrogen-bond donors (Lipinski definition) is 1. The zero-order valence-corrected chi connectivity index (χ0v) is 13.7. The summed E-state index contributed by atoms with van der Waals surface area (Å²) in [6, 6.07) is 5.82. The highest BCUT2D eigenvalue weighted by Crippen LogP contribution is 2.16. The van der Waals surface area contributed by atoms with Gasteiger partial charge in [0.25, 0.3) is 5.91 Å². The van der Waals surface area contributed by atoms with Gasteiger partial charge >= 0.3 is 0 Å². The number of aryl methyl sites for hydroxylation is 3. The van der Waals surface area contributed by atoms with Gasteiger partial charge in [0.15, 0.2) is 0 Å². The minimum absolute atomic E-state index is 0.145. The summed E-state index contributed by atoms with van der Waals surface area (Å²) in [5.41, 5.74) is 3.36. The summed E-state index contributed by atoms with van der Waals surface area (Å²) in [4.78, 5) is 22.2. The van der Waals surface area contributed by atoms with Crippen LogP contribution in [0.1, 0.15) is 31.8 Å². The van der Waals surface area contributed by atoms with E-state index in [1.54, 1.807) is 17.5 Å². The van der Waals surface area contributed by atoms with Gasteiger partial charge in [-0.3, -0.25) is 4.79 Å². The number of nitrogens with zero attached hydrogens (tertiary/aromatic N) is 3. The van der Waals surface area contributed by atoms with Crippen LogP contribution >= 0.6 is 11.3 Å². The Hall–Kier alpha value is -2.21. The minimum Gasteiger partial charge on any atom is -0.350 e. The lowest BCUT2D eigenvalue weighted by Gasteiger charge is -2.00. The van der Waals surface area contributed by atoms with E-state index in [2.05, 4.69) is 22.2 Å². The van der Waals surface area contributed by atoms with E-state index in [4.69, 9.17) is 0 Å². The minimum atomic E-state index is -0.145. The van der Waals surface area contributed by atoms with Crippen LogP contribution in [-0.2, 0) is 6.42 Å². The highest BCUT2D eigenvalue weighted by atomic mass is 32.1. The Labute approximate surface area is 133 Å². The van der Waals surface area contributed by atoms with Crippen LogP contribution in [0.2, 0.25) is 0 Å². The molecular weight excluding hydrogens is 296 g/mol. The lowest BCUT2D eigenvalue weighted by Crippen LogP contribution is -2.25. The smallest absolute Gasteiger partial charge is 0.271 e. The molecule has 0 radical (unpaired) electrons. The van der Waals surface area contributed by atoms with Gasteiger partial charge in [-0.25, -0.2) is 9.97 Å². The second-order valence-corrected chi connectivity index (χ2v) is 6.56. The Balaban J connectivity index is 1.64. The fourth-order valence-corrected chi connectivity index (χ4v) is 3.21. The predicted octanol–water partition coefficient (Wildman–Crippen LogP) is 2.69. The van der Waals surface area contributed by atoms with Crippen molar-refractivity contribution in [2.45, 2.75) is 27.2 Å². The standard InChI is InChI=1S/C16H18N4OS/c1-10-5-4-6-14-19-13(9-20(10)14)16(21)17-8-7-15-18-11(2)12(3)22-15/h4-6,9H,7-8H2,1-3H3,(H,17,21). The Bertz CT molecular complexity index is 814. The molecule has 0 saturated heterocycles. The number of carbonyl (C=O) groups is 1. The SMILES string of the molecule is Cc1nc(CCNC(=O)c2cn3c(C)cccc3n2)sc1C. The largest absolute Gasteiger partial charge is 0.350 e. The van der Waals surface area contributed by atoms with Gasteiger partial charge in [-0.2, -0.15) is 0 Å². The predicted molar refractivity (Wildman–Crippen MR) is 87.6 cm³/mol. The molecular formula is C16H18N4OS. The molecule has 0 aromatic carbocycles. The molecule has 114 valence electrons. The first-order valence-electron chi connectivity index (χ1n) is 7.20. The summed E-state index contributed by atoms with van der Waals surface area (Å²) in [6.07, 6.45) is 2.52. The molecule has 0 spiro atoms. The fourth-order valence-electron chi connectivity index (χ4n) is 2.28. The van der Waals surface area contributed by atoms with Gasteiger partial charge in [0.1, 0.15) is 11.3 Å². The number of imidazole rings is 1. The molecule has 3 aromatic rings. The van der Waals surface area contributed by atoms with Crippen molar-refractivity contribution in [3.8, 4) is 0 Å². The quantitative estimate of drug-likeness (QED) is 0.805. The summed E-state index contributed by atoms with van der Waals surface area (Å²) < 4.78 is 1.92. The average molecular weight is 314 g/mol. The van der Waals surface area contributed by atoms with E-state index < -0.39 is 0 Å². The molecule has 1 N–H and O–H groups in total. The molecule has 1 amide bonds. The lowest BCUT2D eigenvalue weighted by atomic mass is 10.3. The number of fused-ring (bicyclic) bond motifs is 1. The lowest BCUT2D eigenvalue weighted by molar-refractivity contribution is 0.0950. The molecule has 0 fully saturated rings. The van der Waals surface area contributed by atoms with Gasteiger partial charge < -0.3 is 9.72 Å². The van der Waals surface area contributed by atoms with Crippen LogP contribution in [0.15, 0.2) is 24.4 Å². The van der Waals surface area contributed by atoms with Crippen molar-refractivity contribution in [1.29, 1.82) is 0 Å².